The number of ketones is 1. The minimum Gasteiger partial charge on any atom is -0.300 e. The number of halogens is 3. The lowest BCUT2D eigenvalue weighted by Crippen LogP contribution is -1.99. The van der Waals surface area contributed by atoms with E-state index >= 15 is 0 Å². The van der Waals surface area contributed by atoms with Crippen molar-refractivity contribution in [3.8, 4) is 0 Å². The van der Waals surface area contributed by atoms with Crippen molar-refractivity contribution in [2.24, 2.45) is 5.92 Å². The molecule has 1 aromatic carbocycles. The van der Waals surface area contributed by atoms with Gasteiger partial charge in [0, 0.05) is 10.9 Å². The third-order valence-electron chi connectivity index (χ3n) is 2.70. The Morgan fingerprint density at radius 3 is 2.53 bits per heavy atom. The second kappa shape index (κ2) is 3.65. The highest BCUT2D eigenvalue weighted by atomic mass is 35.5. The summed E-state index contributed by atoms with van der Waals surface area (Å²) in [6.07, 6.45) is 0. The number of carbonyl (C=O) groups excluding carboxylic acids is 1. The van der Waals surface area contributed by atoms with Crippen molar-refractivity contribution in [3.05, 3.63) is 34.9 Å². The topological polar surface area (TPSA) is 17.1 Å². The molecule has 1 nitrogen and oxygen atoms in total. The van der Waals surface area contributed by atoms with E-state index in [2.05, 4.69) is 0 Å². The monoisotopic (exact) mass is 262 g/mol. The van der Waals surface area contributed by atoms with Crippen LogP contribution in [0.2, 0.25) is 5.02 Å². The molecule has 0 aliphatic heterocycles. The first-order valence-electron chi connectivity index (χ1n) is 4.58. The summed E-state index contributed by atoms with van der Waals surface area (Å²) in [5.74, 6) is -0.415. The molecule has 0 heterocycles. The number of hydrogen-bond donors (Lipinski definition) is 0. The number of carbonyl (C=O) groups is 1. The predicted molar refractivity (Wildman–Crippen MR) is 62.8 cm³/mol. The molecule has 2 unspecified atom stereocenters. The molecule has 2 rings (SSSR count). The first kappa shape index (κ1) is 11.3. The largest absolute Gasteiger partial charge is 0.300 e. The van der Waals surface area contributed by atoms with Gasteiger partial charge in [-0.15, -0.1) is 23.2 Å². The van der Waals surface area contributed by atoms with Crippen LogP contribution in [0.25, 0.3) is 0 Å². The van der Waals surface area contributed by atoms with Crippen LogP contribution in [-0.2, 0) is 4.79 Å². The summed E-state index contributed by atoms with van der Waals surface area (Å²) in [4.78, 5) is 11.3. The summed E-state index contributed by atoms with van der Waals surface area (Å²) in [5, 5.41) is 0.630. The molecule has 1 aliphatic carbocycles. The van der Waals surface area contributed by atoms with Crippen molar-refractivity contribution in [3.63, 3.8) is 0 Å². The molecule has 0 amide bonds. The van der Waals surface area contributed by atoms with Gasteiger partial charge in [-0.05, 0) is 24.6 Å². The van der Waals surface area contributed by atoms with Crippen molar-refractivity contribution in [2.75, 3.05) is 0 Å². The van der Waals surface area contributed by atoms with Gasteiger partial charge in [-0.25, -0.2) is 0 Å². The molecular weight excluding hydrogens is 254 g/mol. The van der Waals surface area contributed by atoms with E-state index in [1.165, 1.54) is 6.92 Å². The van der Waals surface area contributed by atoms with Crippen LogP contribution in [0.3, 0.4) is 0 Å². The lowest BCUT2D eigenvalue weighted by atomic mass is 10.1. The fourth-order valence-corrected chi connectivity index (χ4v) is 3.08. The molecule has 2 atom stereocenters. The summed E-state index contributed by atoms with van der Waals surface area (Å²) in [5.41, 5.74) is 0.924. The summed E-state index contributed by atoms with van der Waals surface area (Å²) < 4.78 is -0.962. The fraction of sp³-hybridized carbons (Fsp3) is 0.364. The van der Waals surface area contributed by atoms with Gasteiger partial charge in [-0.2, -0.15) is 0 Å². The minimum absolute atomic E-state index is 0.0185. The van der Waals surface area contributed by atoms with Gasteiger partial charge in [-0.3, -0.25) is 4.79 Å². The maximum absolute atomic E-state index is 11.3. The molecule has 0 spiro atoms. The minimum atomic E-state index is -0.962. The molecule has 0 bridgehead atoms. The summed E-state index contributed by atoms with van der Waals surface area (Å²) in [7, 11) is 0. The SMILES string of the molecule is CC(=O)C1C(c2cccc(Cl)c2)C1(Cl)Cl. The van der Waals surface area contributed by atoms with Gasteiger partial charge in [0.15, 0.2) is 0 Å². The molecule has 0 aromatic heterocycles. The molecule has 0 saturated heterocycles. The van der Waals surface area contributed by atoms with Crippen LogP contribution in [0.15, 0.2) is 24.3 Å². The van der Waals surface area contributed by atoms with E-state index in [0.29, 0.717) is 5.02 Å². The van der Waals surface area contributed by atoms with Crippen LogP contribution in [0, 0.1) is 5.92 Å². The Balaban J connectivity index is 2.31. The highest BCUT2D eigenvalue weighted by Gasteiger charge is 2.66. The average molecular weight is 264 g/mol. The number of Topliss-reactive ketones (excluding diaryl/α,β-unsaturated/α-hetero) is 1. The van der Waals surface area contributed by atoms with Crippen LogP contribution in [0.4, 0.5) is 0 Å². The molecule has 0 radical (unpaired) electrons. The average Bonchev–Trinajstić information content (AvgIpc) is 2.69. The van der Waals surface area contributed by atoms with E-state index in [0.717, 1.165) is 5.56 Å². The Labute approximate surface area is 103 Å². The van der Waals surface area contributed by atoms with Gasteiger partial charge in [0.05, 0.1) is 5.92 Å². The lowest BCUT2D eigenvalue weighted by Gasteiger charge is -2.00. The van der Waals surface area contributed by atoms with Crippen LogP contribution < -0.4 is 0 Å². The van der Waals surface area contributed by atoms with Gasteiger partial charge in [-0.1, -0.05) is 23.7 Å². The smallest absolute Gasteiger partial charge is 0.136 e. The first-order valence-corrected chi connectivity index (χ1v) is 5.71. The molecular formula is C11H9Cl3O. The maximum atomic E-state index is 11.3. The van der Waals surface area contributed by atoms with E-state index < -0.39 is 4.33 Å². The van der Waals surface area contributed by atoms with Gasteiger partial charge >= 0.3 is 0 Å². The quantitative estimate of drug-likeness (QED) is 0.742. The second-order valence-corrected chi connectivity index (χ2v) is 5.68. The van der Waals surface area contributed by atoms with E-state index in [9.17, 15) is 4.79 Å². The second-order valence-electron chi connectivity index (χ2n) is 3.80. The van der Waals surface area contributed by atoms with E-state index in [-0.39, 0.29) is 17.6 Å². The summed E-state index contributed by atoms with van der Waals surface area (Å²) in [6, 6.07) is 7.30. The van der Waals surface area contributed by atoms with Crippen molar-refractivity contribution in [1.29, 1.82) is 0 Å². The van der Waals surface area contributed by atoms with Gasteiger partial charge in [0.1, 0.15) is 10.1 Å². The molecule has 1 saturated carbocycles. The summed E-state index contributed by atoms with van der Waals surface area (Å²) in [6.45, 7) is 1.51. The number of benzene rings is 1. The Morgan fingerprint density at radius 1 is 1.40 bits per heavy atom. The maximum Gasteiger partial charge on any atom is 0.136 e. The molecule has 0 N–H and O–H groups in total. The van der Waals surface area contributed by atoms with Crippen LogP contribution in [-0.4, -0.2) is 10.1 Å². The zero-order valence-electron chi connectivity index (χ0n) is 8.01. The Hall–Kier alpha value is -0.240. The highest BCUT2D eigenvalue weighted by Crippen LogP contribution is 2.65. The zero-order chi connectivity index (χ0) is 11.2. The number of rotatable bonds is 2. The van der Waals surface area contributed by atoms with E-state index in [4.69, 9.17) is 34.8 Å². The molecule has 1 aliphatic rings. The highest BCUT2D eigenvalue weighted by molar-refractivity contribution is 6.53. The third kappa shape index (κ3) is 1.89. The number of alkyl halides is 2. The number of hydrogen-bond acceptors (Lipinski definition) is 1. The van der Waals surface area contributed by atoms with Crippen molar-refractivity contribution >= 4 is 40.6 Å². The van der Waals surface area contributed by atoms with E-state index in [1.54, 1.807) is 12.1 Å². The van der Waals surface area contributed by atoms with Crippen LogP contribution >= 0.6 is 34.8 Å². The Bertz CT molecular complexity index is 414. The third-order valence-corrected chi connectivity index (χ3v) is 3.87. The molecule has 4 heteroatoms. The normalized spacial score (nSPS) is 27.5. The van der Waals surface area contributed by atoms with E-state index in [1.807, 2.05) is 12.1 Å². The molecule has 1 fully saturated rings. The van der Waals surface area contributed by atoms with Crippen molar-refractivity contribution in [2.45, 2.75) is 17.2 Å². The van der Waals surface area contributed by atoms with Crippen LogP contribution in [0.1, 0.15) is 18.4 Å². The van der Waals surface area contributed by atoms with Crippen LogP contribution in [0.5, 0.6) is 0 Å². The zero-order valence-corrected chi connectivity index (χ0v) is 10.3. The van der Waals surface area contributed by atoms with Gasteiger partial charge < -0.3 is 0 Å². The Morgan fingerprint density at radius 2 is 2.07 bits per heavy atom. The van der Waals surface area contributed by atoms with Gasteiger partial charge in [0.2, 0.25) is 0 Å². The lowest BCUT2D eigenvalue weighted by molar-refractivity contribution is -0.118. The standard InChI is InChI=1S/C11H9Cl3O/c1-6(15)9-10(11(9,13)14)7-3-2-4-8(12)5-7/h2-5,9-10H,1H3. The van der Waals surface area contributed by atoms with Gasteiger partial charge in [0.25, 0.3) is 0 Å². The molecule has 15 heavy (non-hydrogen) atoms. The first-order chi connectivity index (χ1) is 6.94. The van der Waals surface area contributed by atoms with Crippen molar-refractivity contribution in [1.82, 2.24) is 0 Å². The Kier molecular flexibility index (Phi) is 2.74. The molecule has 80 valence electrons. The molecule has 1 aromatic rings. The summed E-state index contributed by atoms with van der Waals surface area (Å²) >= 11 is 18.0. The van der Waals surface area contributed by atoms with Crippen molar-refractivity contribution < 1.29 is 4.79 Å². The predicted octanol–water partition coefficient (Wildman–Crippen LogP) is 3.82. The fourth-order valence-electron chi connectivity index (χ4n) is 1.95.